The van der Waals surface area contributed by atoms with Crippen LogP contribution >= 0.6 is 23.2 Å². The van der Waals surface area contributed by atoms with Crippen LogP contribution in [0.15, 0.2) is 41.4 Å². The van der Waals surface area contributed by atoms with Gasteiger partial charge in [0.05, 0.1) is 26.1 Å². The number of aromatic nitrogens is 1. The van der Waals surface area contributed by atoms with Gasteiger partial charge in [-0.15, -0.1) is 0 Å². The van der Waals surface area contributed by atoms with Crippen molar-refractivity contribution in [3.63, 3.8) is 0 Å². The zero-order chi connectivity index (χ0) is 22.0. The van der Waals surface area contributed by atoms with Gasteiger partial charge in [-0.3, -0.25) is 4.79 Å². The predicted molar refractivity (Wildman–Crippen MR) is 120 cm³/mol. The van der Waals surface area contributed by atoms with E-state index in [1.807, 2.05) is 0 Å². The second-order valence-electron chi connectivity index (χ2n) is 8.13. The first-order valence-electron chi connectivity index (χ1n) is 10.4. The molecular weight excluding hydrogens is 459 g/mol. The van der Waals surface area contributed by atoms with E-state index in [2.05, 4.69) is 10.3 Å². The number of pyridine rings is 1. The Hall–Kier alpha value is -1.67. The molecule has 1 aliphatic heterocycles. The number of halogens is 2. The predicted octanol–water partition coefficient (Wildman–Crippen LogP) is 4.86. The van der Waals surface area contributed by atoms with E-state index >= 15 is 0 Å². The summed E-state index contributed by atoms with van der Waals surface area (Å²) in [6.45, 7) is 1.36. The number of ether oxygens (including phenoxy) is 1. The molecule has 9 heteroatoms. The number of benzene rings is 1. The van der Waals surface area contributed by atoms with E-state index in [0.29, 0.717) is 54.8 Å². The smallest absolute Gasteiger partial charge is 0.233 e. The van der Waals surface area contributed by atoms with Crippen LogP contribution in [0.25, 0.3) is 0 Å². The molecule has 31 heavy (non-hydrogen) atoms. The van der Waals surface area contributed by atoms with Gasteiger partial charge in [-0.05, 0) is 67.9 Å². The van der Waals surface area contributed by atoms with Crippen molar-refractivity contribution in [3.8, 4) is 0 Å². The molecule has 2 fully saturated rings. The van der Waals surface area contributed by atoms with Crippen molar-refractivity contribution >= 4 is 44.8 Å². The number of rotatable bonds is 7. The molecule has 0 spiro atoms. The fourth-order valence-electron chi connectivity index (χ4n) is 3.90. The molecule has 0 radical (unpaired) electrons. The minimum Gasteiger partial charge on any atom is -0.381 e. The van der Waals surface area contributed by atoms with Gasteiger partial charge in [-0.2, -0.15) is 0 Å². The van der Waals surface area contributed by atoms with Crippen molar-refractivity contribution < 1.29 is 17.9 Å². The molecule has 1 atom stereocenters. The summed E-state index contributed by atoms with van der Waals surface area (Å²) in [6, 6.07) is 8.17. The second kappa shape index (κ2) is 9.45. The summed E-state index contributed by atoms with van der Waals surface area (Å²) >= 11 is 12.3. The Bertz CT molecular complexity index is 1050. The average Bonchev–Trinajstić information content (AvgIpc) is 3.60. The van der Waals surface area contributed by atoms with Gasteiger partial charge < -0.3 is 10.1 Å². The normalized spacial score (nSPS) is 18.5. The Kier molecular flexibility index (Phi) is 6.86. The Morgan fingerprint density at radius 2 is 1.87 bits per heavy atom. The molecule has 1 saturated heterocycles. The lowest BCUT2D eigenvalue weighted by Crippen LogP contribution is -2.26. The Morgan fingerprint density at radius 3 is 2.48 bits per heavy atom. The number of carbonyl (C=O) groups is 1. The molecule has 2 aromatic rings. The first-order valence-corrected chi connectivity index (χ1v) is 12.7. The maximum Gasteiger partial charge on any atom is 0.233 e. The molecule has 2 heterocycles. The zero-order valence-corrected chi connectivity index (χ0v) is 19.2. The summed E-state index contributed by atoms with van der Waals surface area (Å²) in [7, 11) is -3.41. The van der Waals surface area contributed by atoms with E-state index < -0.39 is 15.8 Å². The van der Waals surface area contributed by atoms with Crippen LogP contribution in [0.5, 0.6) is 0 Å². The summed E-state index contributed by atoms with van der Waals surface area (Å²) in [4.78, 5) is 17.5. The number of carbonyl (C=O) groups excluding carboxylic acids is 1. The van der Waals surface area contributed by atoms with Gasteiger partial charge in [0.2, 0.25) is 5.91 Å². The molecule has 2 aliphatic rings. The number of hydrogen-bond donors (Lipinski definition) is 1. The Balaban J connectivity index is 1.60. The van der Waals surface area contributed by atoms with Crippen LogP contribution in [0.2, 0.25) is 10.0 Å². The minimum absolute atomic E-state index is 0.144. The molecule has 0 bridgehead atoms. The quantitative estimate of drug-likeness (QED) is 0.608. The van der Waals surface area contributed by atoms with Crippen LogP contribution in [0.3, 0.4) is 0 Å². The number of amides is 1. The van der Waals surface area contributed by atoms with Gasteiger partial charge in [-0.25, -0.2) is 13.4 Å². The first kappa shape index (κ1) is 22.5. The number of hydrogen-bond acceptors (Lipinski definition) is 5. The number of sulfone groups is 1. The van der Waals surface area contributed by atoms with Crippen LogP contribution in [0, 0.1) is 5.92 Å². The van der Waals surface area contributed by atoms with E-state index in [1.165, 1.54) is 12.3 Å². The minimum atomic E-state index is -3.41. The summed E-state index contributed by atoms with van der Waals surface area (Å²) in [5, 5.41) is 3.16. The standard InChI is InChI=1S/C22H24Cl2N2O4S/c23-16-2-6-21(25-13-16)26-22(27)18(11-14-7-9-30-10-8-14)15-1-5-20(19(24)12-15)31(28,29)17-3-4-17/h1-2,5-6,12-14,17-18H,3-4,7-11H2,(H,25,26,27). The molecule has 1 amide bonds. The van der Waals surface area contributed by atoms with Crippen LogP contribution in [-0.2, 0) is 19.4 Å². The Labute approximate surface area is 192 Å². The number of anilines is 1. The molecule has 1 N–H and O–H groups in total. The number of nitrogens with zero attached hydrogens (tertiary/aromatic N) is 1. The molecule has 1 unspecified atom stereocenters. The fourth-order valence-corrected chi connectivity index (χ4v) is 6.22. The first-order chi connectivity index (χ1) is 14.8. The van der Waals surface area contributed by atoms with E-state index in [0.717, 1.165) is 12.8 Å². The van der Waals surface area contributed by atoms with Crippen molar-refractivity contribution in [1.29, 1.82) is 0 Å². The molecule has 1 aliphatic carbocycles. The van der Waals surface area contributed by atoms with E-state index in [4.69, 9.17) is 27.9 Å². The third-order valence-corrected chi connectivity index (χ3v) is 8.80. The van der Waals surface area contributed by atoms with Crippen LogP contribution in [0.4, 0.5) is 5.82 Å². The van der Waals surface area contributed by atoms with Gasteiger partial charge in [-0.1, -0.05) is 29.3 Å². The van der Waals surface area contributed by atoms with Gasteiger partial charge in [0.15, 0.2) is 9.84 Å². The van der Waals surface area contributed by atoms with Crippen molar-refractivity contribution in [2.45, 2.75) is 48.2 Å². The highest BCUT2D eigenvalue weighted by Gasteiger charge is 2.38. The maximum atomic E-state index is 13.2. The van der Waals surface area contributed by atoms with E-state index in [1.54, 1.807) is 24.3 Å². The zero-order valence-electron chi connectivity index (χ0n) is 16.9. The molecule has 166 valence electrons. The third-order valence-electron chi connectivity index (χ3n) is 5.83. The average molecular weight is 483 g/mol. The van der Waals surface area contributed by atoms with Crippen molar-refractivity contribution in [1.82, 2.24) is 4.98 Å². The van der Waals surface area contributed by atoms with Gasteiger partial charge in [0.1, 0.15) is 5.82 Å². The van der Waals surface area contributed by atoms with Gasteiger partial charge >= 0.3 is 0 Å². The SMILES string of the molecule is O=C(Nc1ccc(Cl)cn1)C(CC1CCOCC1)c1ccc(S(=O)(=O)C2CC2)c(Cl)c1. The highest BCUT2D eigenvalue weighted by atomic mass is 35.5. The lowest BCUT2D eigenvalue weighted by molar-refractivity contribution is -0.118. The van der Waals surface area contributed by atoms with Crippen LogP contribution in [0.1, 0.15) is 43.6 Å². The van der Waals surface area contributed by atoms with Gasteiger partial charge in [0, 0.05) is 19.4 Å². The fraction of sp³-hybridized carbons (Fsp3) is 0.455. The van der Waals surface area contributed by atoms with Crippen molar-refractivity contribution in [3.05, 3.63) is 52.1 Å². The summed E-state index contributed by atoms with van der Waals surface area (Å²) < 4.78 is 30.7. The highest BCUT2D eigenvalue weighted by Crippen LogP contribution is 2.38. The second-order valence-corrected chi connectivity index (χ2v) is 11.2. The van der Waals surface area contributed by atoms with Crippen molar-refractivity contribution in [2.75, 3.05) is 18.5 Å². The van der Waals surface area contributed by atoms with E-state index in [9.17, 15) is 13.2 Å². The molecule has 4 rings (SSSR count). The molecule has 1 aromatic carbocycles. The highest BCUT2D eigenvalue weighted by molar-refractivity contribution is 7.92. The Morgan fingerprint density at radius 1 is 1.13 bits per heavy atom. The van der Waals surface area contributed by atoms with E-state index in [-0.39, 0.29) is 21.1 Å². The van der Waals surface area contributed by atoms with Crippen molar-refractivity contribution in [2.24, 2.45) is 5.92 Å². The summed E-state index contributed by atoms with van der Waals surface area (Å²) in [5.74, 6) is 0.0349. The molecule has 1 aromatic heterocycles. The topological polar surface area (TPSA) is 85.4 Å². The van der Waals surface area contributed by atoms with Gasteiger partial charge in [0.25, 0.3) is 0 Å². The molecular formula is C22H24Cl2N2O4S. The lowest BCUT2D eigenvalue weighted by atomic mass is 9.84. The monoisotopic (exact) mass is 482 g/mol. The number of nitrogens with one attached hydrogen (secondary N) is 1. The molecule has 1 saturated carbocycles. The summed E-state index contributed by atoms with van der Waals surface area (Å²) in [6.07, 6.45) is 5.19. The summed E-state index contributed by atoms with van der Waals surface area (Å²) in [5.41, 5.74) is 0.692. The van der Waals surface area contributed by atoms with Crippen LogP contribution < -0.4 is 5.32 Å². The third kappa shape index (κ3) is 5.40. The van der Waals surface area contributed by atoms with Crippen LogP contribution in [-0.4, -0.2) is 37.8 Å². The lowest BCUT2D eigenvalue weighted by Gasteiger charge is -2.26. The maximum absolute atomic E-state index is 13.2. The molecule has 6 nitrogen and oxygen atoms in total. The largest absolute Gasteiger partial charge is 0.381 e.